The third-order valence-electron chi connectivity index (χ3n) is 3.46. The molecule has 4 N–H and O–H groups in total. The van der Waals surface area contributed by atoms with Crippen LogP contribution in [0.2, 0.25) is 0 Å². The van der Waals surface area contributed by atoms with Crippen molar-refractivity contribution in [2.75, 3.05) is 32.8 Å². The highest BCUT2D eigenvalue weighted by Gasteiger charge is 2.28. The lowest BCUT2D eigenvalue weighted by atomic mass is 10.1. The number of nitrogens with zero attached hydrogens (tertiary/aromatic N) is 3. The van der Waals surface area contributed by atoms with Crippen LogP contribution in [0, 0.1) is 0 Å². The Morgan fingerprint density at radius 1 is 1.36 bits per heavy atom. The fraction of sp³-hybridized carbons (Fsp3) is 0.500. The number of pyridine rings is 1. The van der Waals surface area contributed by atoms with Crippen molar-refractivity contribution >= 4 is 0 Å². The maximum Gasteiger partial charge on any atom is 0.181 e. The molecule has 0 radical (unpaired) electrons. The van der Waals surface area contributed by atoms with Gasteiger partial charge in [-0.05, 0) is 12.1 Å². The van der Waals surface area contributed by atoms with Crippen LogP contribution in [0.25, 0.3) is 11.4 Å². The van der Waals surface area contributed by atoms with Crippen molar-refractivity contribution in [2.45, 2.75) is 12.1 Å². The molecule has 3 rings (SSSR count). The lowest BCUT2D eigenvalue weighted by Crippen LogP contribution is -2.50. The summed E-state index contributed by atoms with van der Waals surface area (Å²) >= 11 is 0. The van der Waals surface area contributed by atoms with E-state index in [1.54, 1.807) is 12.4 Å². The molecule has 0 bridgehead atoms. The Labute approximate surface area is 128 Å². The Morgan fingerprint density at radius 2 is 2.23 bits per heavy atom. The van der Waals surface area contributed by atoms with Gasteiger partial charge in [0.05, 0.1) is 19.8 Å². The molecule has 22 heavy (non-hydrogen) atoms. The molecule has 2 aromatic heterocycles. The summed E-state index contributed by atoms with van der Waals surface area (Å²) in [6.45, 7) is 3.15. The zero-order valence-corrected chi connectivity index (χ0v) is 12.2. The van der Waals surface area contributed by atoms with Crippen LogP contribution in [0.1, 0.15) is 5.82 Å². The summed E-state index contributed by atoms with van der Waals surface area (Å²) in [5.74, 6) is 1.36. The number of rotatable bonds is 5. The number of hydrogen-bond acceptors (Lipinski definition) is 7. The third kappa shape index (κ3) is 3.86. The number of nitrogens with one attached hydrogen (secondary N) is 3. The Morgan fingerprint density at radius 3 is 3.09 bits per heavy atom. The van der Waals surface area contributed by atoms with Gasteiger partial charge in [-0.25, -0.2) is 4.98 Å². The van der Waals surface area contributed by atoms with Gasteiger partial charge in [0, 0.05) is 37.6 Å². The third-order valence-corrected chi connectivity index (χ3v) is 3.46. The number of H-pyrrole nitrogens is 1. The Balaban J connectivity index is 1.53. The van der Waals surface area contributed by atoms with Crippen molar-refractivity contribution in [3.63, 3.8) is 0 Å². The Bertz CT molecular complexity index is 580. The van der Waals surface area contributed by atoms with Crippen LogP contribution >= 0.6 is 0 Å². The molecule has 1 fully saturated rings. The Kier molecular flexibility index (Phi) is 4.74. The first-order chi connectivity index (χ1) is 10.8. The van der Waals surface area contributed by atoms with Crippen LogP contribution in [0.4, 0.5) is 0 Å². The van der Waals surface area contributed by atoms with E-state index in [1.807, 2.05) is 12.1 Å². The average molecular weight is 304 g/mol. The molecule has 0 aliphatic carbocycles. The number of aromatic amines is 1. The van der Waals surface area contributed by atoms with Gasteiger partial charge in [-0.1, -0.05) is 0 Å². The SMILES string of the molecule is OC1(CNCc2nc(-c3ccncc3)n[nH]2)CNCCOC1. The van der Waals surface area contributed by atoms with Crippen LogP contribution in [0.15, 0.2) is 24.5 Å². The topological polar surface area (TPSA) is 108 Å². The van der Waals surface area contributed by atoms with Crippen LogP contribution < -0.4 is 10.6 Å². The van der Waals surface area contributed by atoms with Gasteiger partial charge in [0.25, 0.3) is 0 Å². The fourth-order valence-electron chi connectivity index (χ4n) is 2.31. The second-order valence-electron chi connectivity index (χ2n) is 5.40. The molecular formula is C14H20N6O2. The quantitative estimate of drug-likeness (QED) is 0.579. The van der Waals surface area contributed by atoms with E-state index < -0.39 is 5.60 Å². The minimum absolute atomic E-state index is 0.325. The molecular weight excluding hydrogens is 284 g/mol. The van der Waals surface area contributed by atoms with Crippen LogP contribution in [0.3, 0.4) is 0 Å². The van der Waals surface area contributed by atoms with E-state index in [9.17, 15) is 5.11 Å². The van der Waals surface area contributed by atoms with Crippen LogP contribution in [0.5, 0.6) is 0 Å². The fourth-order valence-corrected chi connectivity index (χ4v) is 2.31. The van der Waals surface area contributed by atoms with E-state index >= 15 is 0 Å². The van der Waals surface area contributed by atoms with Crippen molar-refractivity contribution in [3.8, 4) is 11.4 Å². The van der Waals surface area contributed by atoms with Crippen molar-refractivity contribution < 1.29 is 9.84 Å². The Hall–Kier alpha value is -1.87. The molecule has 8 nitrogen and oxygen atoms in total. The van der Waals surface area contributed by atoms with Gasteiger partial charge in [0.2, 0.25) is 0 Å². The van der Waals surface area contributed by atoms with E-state index in [4.69, 9.17) is 4.74 Å². The molecule has 0 spiro atoms. The number of β-amino-alcohol motifs (C(OH)–C–C–N with tert-alkyl or cyclic N) is 1. The molecule has 0 saturated carbocycles. The summed E-state index contributed by atoms with van der Waals surface area (Å²) in [4.78, 5) is 8.39. The molecule has 1 unspecified atom stereocenters. The second kappa shape index (κ2) is 6.93. The second-order valence-corrected chi connectivity index (χ2v) is 5.40. The van der Waals surface area contributed by atoms with Gasteiger partial charge in [-0.2, -0.15) is 5.10 Å². The summed E-state index contributed by atoms with van der Waals surface area (Å²) in [5.41, 5.74) is 0.0160. The first kappa shape index (κ1) is 15.0. The smallest absolute Gasteiger partial charge is 0.181 e. The largest absolute Gasteiger partial charge is 0.385 e. The summed E-state index contributed by atoms with van der Waals surface area (Å²) < 4.78 is 5.38. The summed E-state index contributed by atoms with van der Waals surface area (Å²) in [6, 6.07) is 3.72. The van der Waals surface area contributed by atoms with E-state index in [0.717, 1.165) is 17.9 Å². The number of aliphatic hydroxyl groups is 1. The van der Waals surface area contributed by atoms with Gasteiger partial charge in [0.1, 0.15) is 11.4 Å². The normalized spacial score (nSPS) is 22.4. The first-order valence-electron chi connectivity index (χ1n) is 7.28. The molecule has 3 heterocycles. The van der Waals surface area contributed by atoms with Crippen molar-refractivity contribution in [3.05, 3.63) is 30.4 Å². The summed E-state index contributed by atoms with van der Waals surface area (Å²) in [5, 5.41) is 23.8. The lowest BCUT2D eigenvalue weighted by molar-refractivity contribution is -0.0265. The van der Waals surface area contributed by atoms with E-state index in [1.165, 1.54) is 0 Å². The maximum atomic E-state index is 10.4. The van der Waals surface area contributed by atoms with Crippen LogP contribution in [-0.4, -0.2) is 63.7 Å². The summed E-state index contributed by atoms with van der Waals surface area (Å²) in [6.07, 6.45) is 3.41. The van der Waals surface area contributed by atoms with Crippen molar-refractivity contribution in [1.82, 2.24) is 30.8 Å². The number of hydrogen-bond donors (Lipinski definition) is 4. The van der Waals surface area contributed by atoms with E-state index in [-0.39, 0.29) is 0 Å². The van der Waals surface area contributed by atoms with Gasteiger partial charge in [-0.3, -0.25) is 10.1 Å². The van der Waals surface area contributed by atoms with E-state index in [0.29, 0.717) is 38.7 Å². The molecule has 1 saturated heterocycles. The number of ether oxygens (including phenoxy) is 1. The minimum Gasteiger partial charge on any atom is -0.385 e. The molecule has 1 aliphatic heterocycles. The predicted molar refractivity (Wildman–Crippen MR) is 80.0 cm³/mol. The monoisotopic (exact) mass is 304 g/mol. The highest BCUT2D eigenvalue weighted by molar-refractivity contribution is 5.52. The molecule has 8 heteroatoms. The van der Waals surface area contributed by atoms with Gasteiger partial charge in [0.15, 0.2) is 5.82 Å². The molecule has 0 aromatic carbocycles. The maximum absolute atomic E-state index is 10.4. The predicted octanol–water partition coefficient (Wildman–Crippen LogP) is -0.693. The first-order valence-corrected chi connectivity index (χ1v) is 7.28. The van der Waals surface area contributed by atoms with Gasteiger partial charge >= 0.3 is 0 Å². The number of aromatic nitrogens is 4. The lowest BCUT2D eigenvalue weighted by Gasteiger charge is -2.25. The zero-order valence-electron chi connectivity index (χ0n) is 12.2. The summed E-state index contributed by atoms with van der Waals surface area (Å²) in [7, 11) is 0. The molecule has 118 valence electrons. The van der Waals surface area contributed by atoms with Gasteiger partial charge in [-0.15, -0.1) is 0 Å². The average Bonchev–Trinajstić information content (AvgIpc) is 2.90. The molecule has 0 amide bonds. The standard InChI is InChI=1S/C14H20N6O2/c21-14(8-16-5-6-22-10-14)9-17-7-12-18-13(20-19-12)11-1-3-15-4-2-11/h1-4,16-17,21H,5-10H2,(H,18,19,20). The molecule has 1 aliphatic rings. The molecule has 2 aromatic rings. The molecule has 1 atom stereocenters. The van der Waals surface area contributed by atoms with E-state index in [2.05, 4.69) is 30.8 Å². The minimum atomic E-state index is -0.898. The van der Waals surface area contributed by atoms with Gasteiger partial charge < -0.3 is 20.5 Å². The highest BCUT2D eigenvalue weighted by Crippen LogP contribution is 2.12. The van der Waals surface area contributed by atoms with Crippen molar-refractivity contribution in [2.24, 2.45) is 0 Å². The zero-order chi connectivity index (χ0) is 15.3. The van der Waals surface area contributed by atoms with Crippen molar-refractivity contribution in [1.29, 1.82) is 0 Å². The highest BCUT2D eigenvalue weighted by atomic mass is 16.5. The van der Waals surface area contributed by atoms with Crippen LogP contribution in [-0.2, 0) is 11.3 Å².